The minimum Gasteiger partial charge on any atom is -0.566 e. The van der Waals surface area contributed by atoms with E-state index in [0.29, 0.717) is 29.0 Å². The number of nitrogens with zero attached hydrogens (tertiary/aromatic N) is 1. The summed E-state index contributed by atoms with van der Waals surface area (Å²) in [6.45, 7) is 0.844. The summed E-state index contributed by atoms with van der Waals surface area (Å²) in [5.41, 5.74) is 3.23. The van der Waals surface area contributed by atoms with E-state index in [9.17, 15) is 22.3 Å². The number of quaternary nitrogens is 1. The highest BCUT2D eigenvalue weighted by Crippen LogP contribution is 2.39. The van der Waals surface area contributed by atoms with E-state index in [1.54, 1.807) is 18.2 Å². The molecular formula is C18H15ClFN3O6PS2+. The number of thiophene rings is 1. The number of benzene rings is 2. The van der Waals surface area contributed by atoms with Gasteiger partial charge in [-0.25, -0.2) is 12.8 Å². The molecule has 0 bridgehead atoms. The first-order chi connectivity index (χ1) is 15.2. The largest absolute Gasteiger partial charge is 0.566 e. The molecular weight excluding hydrogens is 504 g/mol. The van der Waals surface area contributed by atoms with Gasteiger partial charge in [-0.1, -0.05) is 17.7 Å². The van der Waals surface area contributed by atoms with E-state index in [1.807, 2.05) is 0 Å². The number of hydrogen-bond donors (Lipinski definition) is 2. The maximum Gasteiger partial charge on any atom is 0.490 e. The molecule has 0 aliphatic rings. The third kappa shape index (κ3) is 5.40. The lowest BCUT2D eigenvalue weighted by molar-refractivity contribution is -0.370. The minimum absolute atomic E-state index is 0.146. The molecule has 0 saturated carbocycles. The molecule has 0 aliphatic carbocycles. The van der Waals surface area contributed by atoms with Crippen LogP contribution in [0.4, 0.5) is 4.39 Å². The number of halogens is 2. The van der Waals surface area contributed by atoms with E-state index in [4.69, 9.17) is 21.6 Å². The summed E-state index contributed by atoms with van der Waals surface area (Å²) in [5, 5.41) is 9.48. The third-order valence-electron chi connectivity index (χ3n) is 4.11. The van der Waals surface area contributed by atoms with Gasteiger partial charge in [0.25, 0.3) is 10.0 Å². The van der Waals surface area contributed by atoms with Gasteiger partial charge < -0.3 is 15.4 Å². The van der Waals surface area contributed by atoms with Gasteiger partial charge in [0.2, 0.25) is 6.23 Å². The predicted octanol–water partition coefficient (Wildman–Crippen LogP) is 2.20. The summed E-state index contributed by atoms with van der Waals surface area (Å²) in [7, 11) is -7.81. The fourth-order valence-corrected chi connectivity index (χ4v) is 5.94. The summed E-state index contributed by atoms with van der Waals surface area (Å²) in [6, 6.07) is 9.26. The summed E-state index contributed by atoms with van der Waals surface area (Å²) < 4.78 is 63.6. The van der Waals surface area contributed by atoms with E-state index in [0.717, 1.165) is 23.5 Å². The lowest BCUT2D eigenvalue weighted by Gasteiger charge is -2.14. The normalized spacial score (nSPS) is 13.0. The molecule has 9 nitrogen and oxygen atoms in total. The number of nitriles is 1. The van der Waals surface area contributed by atoms with E-state index in [2.05, 4.69) is 15.0 Å². The number of rotatable bonds is 9. The van der Waals surface area contributed by atoms with Crippen LogP contribution in [0.15, 0.2) is 40.6 Å². The van der Waals surface area contributed by atoms with Crippen molar-refractivity contribution in [3.63, 3.8) is 0 Å². The molecule has 0 aliphatic heterocycles. The quantitative estimate of drug-likeness (QED) is 0.325. The topological polar surface area (TPSA) is 156 Å². The van der Waals surface area contributed by atoms with Crippen LogP contribution < -0.4 is 20.1 Å². The first kappa shape index (κ1) is 24.4. The molecule has 2 aromatic carbocycles. The Labute approximate surface area is 192 Å². The smallest absolute Gasteiger partial charge is 0.490 e. The van der Waals surface area contributed by atoms with Crippen LogP contribution in [0, 0.1) is 17.1 Å². The Morgan fingerprint density at radius 3 is 2.72 bits per heavy atom. The van der Waals surface area contributed by atoms with Gasteiger partial charge in [0.15, 0.2) is 0 Å². The Morgan fingerprint density at radius 2 is 2.09 bits per heavy atom. The zero-order valence-electron chi connectivity index (χ0n) is 16.1. The molecule has 168 valence electrons. The standard InChI is InChI=1S/C18H14ClFN3O6PS2/c19-17-12-8-16(31-15(12)4-3-14(17)28-6-5-21)32(26,27)23-18(29-30(24)25)10-1-2-11(9-22)13(20)7-10/h1-4,7-8,18,23H,5-6,21H2/p+1. The van der Waals surface area contributed by atoms with Crippen LogP contribution in [-0.2, 0) is 19.1 Å². The fourth-order valence-electron chi connectivity index (χ4n) is 2.68. The van der Waals surface area contributed by atoms with Crippen LogP contribution in [0.2, 0.25) is 5.02 Å². The molecule has 4 N–H and O–H groups in total. The highest BCUT2D eigenvalue weighted by molar-refractivity contribution is 7.91. The molecule has 0 amide bonds. The molecule has 3 rings (SSSR count). The zero-order chi connectivity index (χ0) is 23.5. The van der Waals surface area contributed by atoms with Crippen LogP contribution in [0.3, 0.4) is 0 Å². The molecule has 0 spiro atoms. The predicted molar refractivity (Wildman–Crippen MR) is 113 cm³/mol. The lowest BCUT2D eigenvalue weighted by atomic mass is 10.1. The van der Waals surface area contributed by atoms with Crippen LogP contribution in [0.25, 0.3) is 10.1 Å². The molecule has 1 heterocycles. The van der Waals surface area contributed by atoms with Crippen molar-refractivity contribution in [3.05, 3.63) is 58.4 Å². The summed E-state index contributed by atoms with van der Waals surface area (Å²) >= 11 is 7.22. The van der Waals surface area contributed by atoms with Gasteiger partial charge >= 0.3 is 8.25 Å². The number of nitrogens with one attached hydrogen (secondary N) is 1. The monoisotopic (exact) mass is 518 g/mol. The molecule has 0 saturated heterocycles. The minimum atomic E-state index is -4.31. The SMILES string of the molecule is N#Cc1ccc(C(NS(=O)(=O)c2cc3c(Cl)c(OCC[NH3+])ccc3s2)O[P+](=O)[O-])cc1F. The second kappa shape index (κ2) is 10.2. The number of sulfonamides is 1. The van der Waals surface area contributed by atoms with Crippen LogP contribution in [0.5, 0.6) is 5.75 Å². The highest BCUT2D eigenvalue weighted by atomic mass is 35.5. The Hall–Kier alpha value is -2.20. The number of hydrogen-bond acceptors (Lipinski definition) is 8. The van der Waals surface area contributed by atoms with Crippen molar-refractivity contribution in [1.82, 2.24) is 4.72 Å². The van der Waals surface area contributed by atoms with Crippen LogP contribution >= 0.6 is 31.2 Å². The van der Waals surface area contributed by atoms with Crippen LogP contribution in [0.1, 0.15) is 17.4 Å². The molecule has 3 aromatic rings. The summed E-state index contributed by atoms with van der Waals surface area (Å²) in [5.74, 6) is -0.586. The molecule has 0 radical (unpaired) electrons. The van der Waals surface area contributed by atoms with Gasteiger partial charge in [0.05, 0.1) is 10.6 Å². The second-order valence-electron chi connectivity index (χ2n) is 6.24. The van der Waals surface area contributed by atoms with Crippen molar-refractivity contribution in [3.8, 4) is 11.8 Å². The van der Waals surface area contributed by atoms with Crippen molar-refractivity contribution < 1.29 is 37.3 Å². The van der Waals surface area contributed by atoms with E-state index >= 15 is 0 Å². The van der Waals surface area contributed by atoms with Crippen LogP contribution in [-0.4, -0.2) is 21.6 Å². The Bertz CT molecular complexity index is 1330. The Kier molecular flexibility index (Phi) is 7.76. The summed E-state index contributed by atoms with van der Waals surface area (Å²) in [6.07, 6.45) is -1.75. The first-order valence-corrected chi connectivity index (χ1v) is 12.6. The van der Waals surface area contributed by atoms with Crippen molar-refractivity contribution in [1.29, 1.82) is 5.26 Å². The van der Waals surface area contributed by atoms with Crippen molar-refractivity contribution in [2.45, 2.75) is 10.4 Å². The van der Waals surface area contributed by atoms with Crippen molar-refractivity contribution in [2.24, 2.45) is 0 Å². The molecule has 0 fully saturated rings. The van der Waals surface area contributed by atoms with E-state index in [-0.39, 0.29) is 20.4 Å². The first-order valence-electron chi connectivity index (χ1n) is 8.83. The van der Waals surface area contributed by atoms with Gasteiger partial charge in [-0.15, -0.1) is 15.9 Å². The van der Waals surface area contributed by atoms with Gasteiger partial charge in [-0.3, -0.25) is 0 Å². The lowest BCUT2D eigenvalue weighted by Crippen LogP contribution is -2.52. The fraction of sp³-hybridized carbons (Fsp3) is 0.167. The maximum atomic E-state index is 14.0. The van der Waals surface area contributed by atoms with Crippen molar-refractivity contribution in [2.75, 3.05) is 13.2 Å². The Balaban J connectivity index is 1.97. The average molecular weight is 519 g/mol. The molecule has 2 unspecified atom stereocenters. The average Bonchev–Trinajstić information content (AvgIpc) is 3.18. The third-order valence-corrected chi connectivity index (χ3v) is 7.86. The number of ether oxygens (including phenoxy) is 1. The van der Waals surface area contributed by atoms with E-state index in [1.165, 1.54) is 12.1 Å². The number of fused-ring (bicyclic) bond motifs is 1. The van der Waals surface area contributed by atoms with Crippen molar-refractivity contribution >= 4 is 51.3 Å². The molecule has 32 heavy (non-hydrogen) atoms. The van der Waals surface area contributed by atoms with Gasteiger partial charge in [-0.05, 0) is 34.9 Å². The van der Waals surface area contributed by atoms with Gasteiger partial charge in [-0.2, -0.15) is 9.98 Å². The molecule has 14 heteroatoms. The second-order valence-corrected chi connectivity index (χ2v) is 10.3. The van der Waals surface area contributed by atoms with Gasteiger partial charge in [0.1, 0.15) is 35.0 Å². The van der Waals surface area contributed by atoms with E-state index < -0.39 is 30.3 Å². The Morgan fingerprint density at radius 1 is 1.34 bits per heavy atom. The summed E-state index contributed by atoms with van der Waals surface area (Å²) in [4.78, 5) is 11.1. The maximum absolute atomic E-state index is 14.0. The zero-order valence-corrected chi connectivity index (χ0v) is 19.4. The highest BCUT2D eigenvalue weighted by Gasteiger charge is 2.29. The van der Waals surface area contributed by atoms with Gasteiger partial charge in [0, 0.05) is 15.6 Å². The molecule has 2 atom stereocenters. The molecule has 1 aromatic heterocycles.